The number of hydrogen-bond acceptors (Lipinski definition) is 3. The number of hydrogen-bond donors (Lipinski definition) is 3. The van der Waals surface area contributed by atoms with E-state index in [0.717, 1.165) is 0 Å². The van der Waals surface area contributed by atoms with Crippen molar-refractivity contribution in [3.63, 3.8) is 0 Å². The molecule has 0 unspecified atom stereocenters. The zero-order valence-electron chi connectivity index (χ0n) is 5.92. The summed E-state index contributed by atoms with van der Waals surface area (Å²) in [5.74, 6) is -0.269. The lowest BCUT2D eigenvalue weighted by atomic mass is 10.4. The topological polar surface area (TPSA) is 75.4 Å². The molecule has 10 heavy (non-hydrogen) atoms. The van der Waals surface area contributed by atoms with Gasteiger partial charge < -0.3 is 16.2 Å². The molecule has 0 fully saturated rings. The molecule has 0 aromatic heterocycles. The molecular formula is C6H12N2O2. The van der Waals surface area contributed by atoms with Crippen LogP contribution >= 0.6 is 0 Å². The lowest BCUT2D eigenvalue weighted by Gasteiger charge is -1.96. The van der Waals surface area contributed by atoms with Crippen molar-refractivity contribution in [3.05, 3.63) is 11.8 Å². The molecule has 0 aliphatic heterocycles. The van der Waals surface area contributed by atoms with E-state index in [0.29, 0.717) is 5.70 Å². The van der Waals surface area contributed by atoms with Crippen LogP contribution in [0.1, 0.15) is 6.92 Å². The second-order valence-corrected chi connectivity index (χ2v) is 1.90. The Bertz CT molecular complexity index is 139. The molecule has 0 saturated heterocycles. The van der Waals surface area contributed by atoms with E-state index >= 15 is 0 Å². The van der Waals surface area contributed by atoms with Crippen LogP contribution in [0.4, 0.5) is 0 Å². The Morgan fingerprint density at radius 1 is 1.80 bits per heavy atom. The standard InChI is InChI=1S/C6H12N2O2/c1-5(7)4-6(10)8-2-3-9/h4,9H,2-3,7H2,1H3,(H,8,10)/b5-4+. The van der Waals surface area contributed by atoms with Crippen molar-refractivity contribution < 1.29 is 9.90 Å². The Morgan fingerprint density at radius 3 is 2.80 bits per heavy atom. The largest absolute Gasteiger partial charge is 0.402 e. The van der Waals surface area contributed by atoms with E-state index in [1.807, 2.05) is 0 Å². The minimum atomic E-state index is -0.269. The van der Waals surface area contributed by atoms with Gasteiger partial charge in [0, 0.05) is 18.3 Å². The molecule has 4 nitrogen and oxygen atoms in total. The Balaban J connectivity index is 3.54. The third-order valence-electron chi connectivity index (χ3n) is 0.770. The van der Waals surface area contributed by atoms with Gasteiger partial charge in [0.1, 0.15) is 0 Å². The Hall–Kier alpha value is -1.03. The van der Waals surface area contributed by atoms with Gasteiger partial charge in [-0.05, 0) is 6.92 Å². The van der Waals surface area contributed by atoms with Crippen LogP contribution in [0, 0.1) is 0 Å². The number of amides is 1. The van der Waals surface area contributed by atoms with E-state index < -0.39 is 0 Å². The third-order valence-corrected chi connectivity index (χ3v) is 0.770. The normalized spacial score (nSPS) is 11.2. The van der Waals surface area contributed by atoms with Gasteiger partial charge in [-0.25, -0.2) is 0 Å². The van der Waals surface area contributed by atoms with Crippen LogP contribution in [-0.2, 0) is 4.79 Å². The van der Waals surface area contributed by atoms with E-state index in [1.54, 1.807) is 6.92 Å². The van der Waals surface area contributed by atoms with Crippen LogP contribution in [0.2, 0.25) is 0 Å². The number of rotatable bonds is 3. The van der Waals surface area contributed by atoms with Gasteiger partial charge in [0.15, 0.2) is 0 Å². The van der Waals surface area contributed by atoms with Crippen molar-refractivity contribution >= 4 is 5.91 Å². The number of carbonyl (C=O) groups excluding carboxylic acids is 1. The summed E-state index contributed by atoms with van der Waals surface area (Å²) in [4.78, 5) is 10.6. The number of nitrogens with one attached hydrogen (secondary N) is 1. The Labute approximate surface area is 59.7 Å². The summed E-state index contributed by atoms with van der Waals surface area (Å²) in [5, 5.41) is 10.7. The first-order valence-corrected chi connectivity index (χ1v) is 2.99. The molecule has 58 valence electrons. The molecule has 0 aliphatic carbocycles. The lowest BCUT2D eigenvalue weighted by Crippen LogP contribution is -2.25. The van der Waals surface area contributed by atoms with Crippen LogP contribution in [0.15, 0.2) is 11.8 Å². The molecule has 1 amide bonds. The highest BCUT2D eigenvalue weighted by molar-refractivity contribution is 5.87. The van der Waals surface area contributed by atoms with Gasteiger partial charge in [-0.15, -0.1) is 0 Å². The first-order valence-electron chi connectivity index (χ1n) is 2.99. The monoisotopic (exact) mass is 144 g/mol. The molecule has 0 aromatic rings. The van der Waals surface area contributed by atoms with Crippen molar-refractivity contribution in [3.8, 4) is 0 Å². The van der Waals surface area contributed by atoms with Crippen molar-refractivity contribution in [2.24, 2.45) is 5.73 Å². The second kappa shape index (κ2) is 4.81. The summed E-state index contributed by atoms with van der Waals surface area (Å²) in [6.07, 6.45) is 1.27. The number of nitrogens with two attached hydrogens (primary N) is 1. The SMILES string of the molecule is C/C(N)=C\C(=O)NCCO. The van der Waals surface area contributed by atoms with Crippen LogP contribution in [0.3, 0.4) is 0 Å². The number of carbonyl (C=O) groups is 1. The lowest BCUT2D eigenvalue weighted by molar-refractivity contribution is -0.116. The van der Waals surface area contributed by atoms with E-state index in [4.69, 9.17) is 10.8 Å². The molecule has 4 N–H and O–H groups in total. The average molecular weight is 144 g/mol. The first-order chi connectivity index (χ1) is 4.66. The fourth-order valence-electron chi connectivity index (χ4n) is 0.437. The highest BCUT2D eigenvalue weighted by Gasteiger charge is 1.92. The summed E-state index contributed by atoms with van der Waals surface area (Å²) in [6, 6.07) is 0. The molecule has 0 aromatic carbocycles. The fourth-order valence-corrected chi connectivity index (χ4v) is 0.437. The Morgan fingerprint density at radius 2 is 2.40 bits per heavy atom. The van der Waals surface area contributed by atoms with E-state index in [2.05, 4.69) is 5.32 Å². The summed E-state index contributed by atoms with van der Waals surface area (Å²) in [6.45, 7) is 1.84. The van der Waals surface area contributed by atoms with Crippen LogP contribution < -0.4 is 11.1 Å². The van der Waals surface area contributed by atoms with Crippen LogP contribution in [0.5, 0.6) is 0 Å². The molecule has 0 aliphatic rings. The predicted molar refractivity (Wildman–Crippen MR) is 38.0 cm³/mol. The van der Waals surface area contributed by atoms with Crippen molar-refractivity contribution in [1.82, 2.24) is 5.32 Å². The van der Waals surface area contributed by atoms with Gasteiger partial charge >= 0.3 is 0 Å². The molecule has 4 heteroatoms. The van der Waals surface area contributed by atoms with E-state index in [9.17, 15) is 4.79 Å². The van der Waals surface area contributed by atoms with Gasteiger partial charge in [0.2, 0.25) is 5.91 Å². The maximum absolute atomic E-state index is 10.6. The minimum absolute atomic E-state index is 0.0524. The Kier molecular flexibility index (Phi) is 4.32. The van der Waals surface area contributed by atoms with Crippen LogP contribution in [-0.4, -0.2) is 24.2 Å². The molecule has 0 radical (unpaired) electrons. The van der Waals surface area contributed by atoms with Gasteiger partial charge in [-0.2, -0.15) is 0 Å². The van der Waals surface area contributed by atoms with E-state index in [1.165, 1.54) is 6.08 Å². The molecular weight excluding hydrogens is 132 g/mol. The minimum Gasteiger partial charge on any atom is -0.402 e. The molecule has 0 saturated carbocycles. The summed E-state index contributed by atoms with van der Waals surface area (Å²) < 4.78 is 0. The summed E-state index contributed by atoms with van der Waals surface area (Å²) >= 11 is 0. The highest BCUT2D eigenvalue weighted by Crippen LogP contribution is 1.77. The van der Waals surface area contributed by atoms with E-state index in [-0.39, 0.29) is 19.1 Å². The van der Waals surface area contributed by atoms with Crippen LogP contribution in [0.25, 0.3) is 0 Å². The maximum atomic E-state index is 10.6. The molecule has 0 bridgehead atoms. The fraction of sp³-hybridized carbons (Fsp3) is 0.500. The summed E-state index contributed by atoms with van der Waals surface area (Å²) in [7, 11) is 0. The van der Waals surface area contributed by atoms with Gasteiger partial charge in [0.05, 0.1) is 6.61 Å². The number of aliphatic hydroxyl groups excluding tert-OH is 1. The first kappa shape index (κ1) is 8.97. The highest BCUT2D eigenvalue weighted by atomic mass is 16.3. The molecule has 0 atom stereocenters. The van der Waals surface area contributed by atoms with Crippen molar-refractivity contribution in [2.45, 2.75) is 6.92 Å². The van der Waals surface area contributed by atoms with Gasteiger partial charge in [-0.3, -0.25) is 4.79 Å². The second-order valence-electron chi connectivity index (χ2n) is 1.90. The molecule has 0 heterocycles. The third kappa shape index (κ3) is 5.11. The average Bonchev–Trinajstić information content (AvgIpc) is 1.82. The zero-order chi connectivity index (χ0) is 7.98. The van der Waals surface area contributed by atoms with Crippen molar-refractivity contribution in [2.75, 3.05) is 13.2 Å². The number of allylic oxidation sites excluding steroid dienone is 1. The molecule has 0 spiro atoms. The zero-order valence-corrected chi connectivity index (χ0v) is 5.92. The quantitative estimate of drug-likeness (QED) is 0.443. The predicted octanol–water partition coefficient (Wildman–Crippen LogP) is -1.04. The van der Waals surface area contributed by atoms with Gasteiger partial charge in [-0.1, -0.05) is 0 Å². The maximum Gasteiger partial charge on any atom is 0.245 e. The smallest absolute Gasteiger partial charge is 0.245 e. The summed E-state index contributed by atoms with van der Waals surface area (Å²) in [5.41, 5.74) is 5.66. The number of aliphatic hydroxyl groups is 1. The van der Waals surface area contributed by atoms with Crippen molar-refractivity contribution in [1.29, 1.82) is 0 Å². The van der Waals surface area contributed by atoms with Gasteiger partial charge in [0.25, 0.3) is 0 Å². The molecule has 0 rings (SSSR count).